The predicted octanol–water partition coefficient (Wildman–Crippen LogP) is 2.72. The second-order valence-electron chi connectivity index (χ2n) is 12.6. The highest BCUT2D eigenvalue weighted by Crippen LogP contribution is 2.65. The number of carbonyl (C=O) groups excluding carboxylic acids is 2. The number of primary amides is 1. The van der Waals surface area contributed by atoms with Crippen molar-refractivity contribution in [1.29, 1.82) is 0 Å². The zero-order chi connectivity index (χ0) is 30.7. The molecule has 11 heteroatoms. The third-order valence-electron chi connectivity index (χ3n) is 8.65. The summed E-state index contributed by atoms with van der Waals surface area (Å²) in [5.74, 6) is -1.78. The molecule has 0 spiro atoms. The molecule has 0 unspecified atom stereocenters. The van der Waals surface area contributed by atoms with Gasteiger partial charge in [-0.2, -0.15) is 0 Å². The molecule has 9 nitrogen and oxygen atoms in total. The normalized spacial score (nSPS) is 21.9. The SMILES string of the molecule is CC(C)Cc1nc(NCC23CC(N)(C2)C3)c(C=[NH2+])c(-c2ccc3c(c2)OCC(=O)N3Cc2ccc(F)c(F)c2)c1C(N)=O. The van der Waals surface area contributed by atoms with E-state index < -0.39 is 17.5 Å². The highest BCUT2D eigenvalue weighted by molar-refractivity contribution is 6.08. The van der Waals surface area contributed by atoms with E-state index in [9.17, 15) is 18.4 Å². The van der Waals surface area contributed by atoms with Crippen LogP contribution in [0.15, 0.2) is 36.4 Å². The molecule has 2 amide bonds. The van der Waals surface area contributed by atoms with Gasteiger partial charge in [-0.15, -0.1) is 0 Å². The maximum Gasteiger partial charge on any atom is 0.265 e. The molecule has 3 aromatic rings. The Morgan fingerprint density at radius 3 is 2.56 bits per heavy atom. The summed E-state index contributed by atoms with van der Waals surface area (Å²) in [7, 11) is 0. The summed E-state index contributed by atoms with van der Waals surface area (Å²) in [4.78, 5) is 32.1. The Morgan fingerprint density at radius 1 is 1.19 bits per heavy atom. The first-order valence-corrected chi connectivity index (χ1v) is 14.4. The summed E-state index contributed by atoms with van der Waals surface area (Å²) in [6, 6.07) is 8.72. The smallest absolute Gasteiger partial charge is 0.265 e. The van der Waals surface area contributed by atoms with Crippen molar-refractivity contribution in [2.24, 2.45) is 22.8 Å². The van der Waals surface area contributed by atoms with E-state index in [1.54, 1.807) is 18.2 Å². The summed E-state index contributed by atoms with van der Waals surface area (Å²) in [5, 5.41) is 9.69. The number of anilines is 2. The van der Waals surface area contributed by atoms with E-state index in [2.05, 4.69) is 5.32 Å². The number of amides is 2. The van der Waals surface area contributed by atoms with Gasteiger partial charge in [0.1, 0.15) is 11.6 Å². The van der Waals surface area contributed by atoms with Crippen LogP contribution in [0.2, 0.25) is 0 Å². The Morgan fingerprint density at radius 2 is 1.93 bits per heavy atom. The van der Waals surface area contributed by atoms with Crippen LogP contribution in [0.5, 0.6) is 5.75 Å². The second-order valence-corrected chi connectivity index (χ2v) is 12.6. The highest BCUT2D eigenvalue weighted by atomic mass is 19.2. The molecule has 2 heterocycles. The van der Waals surface area contributed by atoms with Crippen molar-refractivity contribution < 1.29 is 28.5 Å². The van der Waals surface area contributed by atoms with Gasteiger partial charge in [-0.05, 0) is 72.4 Å². The van der Waals surface area contributed by atoms with Crippen molar-refractivity contribution >= 4 is 29.5 Å². The number of rotatable bonds is 10. The number of hydrogen-bond acceptors (Lipinski definition) is 6. The van der Waals surface area contributed by atoms with E-state index in [0.29, 0.717) is 58.2 Å². The number of carbonyl (C=O) groups is 2. The quantitative estimate of drug-likeness (QED) is 0.267. The van der Waals surface area contributed by atoms with Crippen LogP contribution in [0, 0.1) is 23.0 Å². The van der Waals surface area contributed by atoms with E-state index in [1.807, 2.05) is 13.8 Å². The Labute approximate surface area is 248 Å². The maximum absolute atomic E-state index is 13.9. The Bertz CT molecular complexity index is 1650. The largest absolute Gasteiger partial charge is 0.482 e. The van der Waals surface area contributed by atoms with Gasteiger partial charge in [-0.1, -0.05) is 26.0 Å². The molecule has 0 radical (unpaired) electrons. The van der Waals surface area contributed by atoms with Crippen LogP contribution in [-0.4, -0.2) is 41.7 Å². The van der Waals surface area contributed by atoms with Crippen LogP contribution in [0.3, 0.4) is 0 Å². The Kier molecular flexibility index (Phi) is 6.95. The minimum atomic E-state index is -0.991. The molecular formula is C32H35F2N6O3+. The molecule has 2 bridgehead atoms. The molecule has 1 aromatic heterocycles. The van der Waals surface area contributed by atoms with E-state index in [0.717, 1.165) is 31.4 Å². The number of ether oxygens (including phenoxy) is 1. The molecule has 0 atom stereocenters. The van der Waals surface area contributed by atoms with Crippen molar-refractivity contribution in [2.75, 3.05) is 23.4 Å². The third-order valence-corrected chi connectivity index (χ3v) is 8.65. The molecule has 0 saturated heterocycles. The molecule has 7 rings (SSSR count). The standard InChI is InChI=1S/C32H34F2N6O3/c1-17(2)7-23-28(29(36)42)27(20(10-35)30(39-23)38-16-31-13-32(37,14-31)15-31)19-4-6-24-25(9-19)43-12-26(41)40(24)11-18-3-5-21(33)22(34)8-18/h3-6,8-10,17,35H,7,11-16,37H2,1-2H3,(H2,36,42)(H,38,39)/p+1. The number of nitrogens with zero attached hydrogens (tertiary/aromatic N) is 2. The number of nitrogens with two attached hydrogens (primary N) is 3. The molecule has 1 aliphatic heterocycles. The van der Waals surface area contributed by atoms with Crippen LogP contribution in [0.4, 0.5) is 20.3 Å². The van der Waals surface area contributed by atoms with Crippen LogP contribution in [0.1, 0.15) is 60.3 Å². The molecule has 7 N–H and O–H groups in total. The van der Waals surface area contributed by atoms with Gasteiger partial charge in [0.2, 0.25) is 0 Å². The third kappa shape index (κ3) is 5.11. The predicted molar refractivity (Wildman–Crippen MR) is 159 cm³/mol. The summed E-state index contributed by atoms with van der Waals surface area (Å²) < 4.78 is 33.2. The monoisotopic (exact) mass is 589 g/mol. The van der Waals surface area contributed by atoms with E-state index in [4.69, 9.17) is 26.6 Å². The van der Waals surface area contributed by atoms with Gasteiger partial charge in [0.15, 0.2) is 24.5 Å². The minimum Gasteiger partial charge on any atom is -0.482 e. The van der Waals surface area contributed by atoms with Crippen molar-refractivity contribution in [1.82, 2.24) is 4.98 Å². The van der Waals surface area contributed by atoms with Crippen molar-refractivity contribution in [3.05, 3.63) is 70.4 Å². The van der Waals surface area contributed by atoms with E-state index in [-0.39, 0.29) is 41.5 Å². The van der Waals surface area contributed by atoms with Crippen LogP contribution >= 0.6 is 0 Å². The lowest BCUT2D eigenvalue weighted by Gasteiger charge is -2.69. The summed E-state index contributed by atoms with van der Waals surface area (Å²) >= 11 is 0. The number of pyridine rings is 1. The fraction of sp³-hybridized carbons (Fsp3) is 0.375. The minimum absolute atomic E-state index is 0.0216. The topological polar surface area (TPSA) is 149 Å². The number of fused-ring (bicyclic) bond motifs is 1. The van der Waals surface area contributed by atoms with Crippen LogP contribution < -0.4 is 31.8 Å². The molecule has 3 fully saturated rings. The molecule has 3 aliphatic carbocycles. The van der Waals surface area contributed by atoms with Crippen molar-refractivity contribution in [3.8, 4) is 16.9 Å². The van der Waals surface area contributed by atoms with Gasteiger partial charge in [-0.3, -0.25) is 15.0 Å². The van der Waals surface area contributed by atoms with Gasteiger partial charge in [0, 0.05) is 17.6 Å². The fourth-order valence-corrected chi connectivity index (χ4v) is 6.94. The summed E-state index contributed by atoms with van der Waals surface area (Å²) in [5.41, 5.74) is 15.7. The molecule has 224 valence electrons. The average Bonchev–Trinajstić information content (AvgIpc) is 2.92. The van der Waals surface area contributed by atoms with E-state index in [1.165, 1.54) is 17.2 Å². The number of benzene rings is 2. The second kappa shape index (κ2) is 10.4. The first-order chi connectivity index (χ1) is 20.4. The molecule has 2 aromatic carbocycles. The van der Waals surface area contributed by atoms with Crippen molar-refractivity contribution in [2.45, 2.75) is 51.6 Å². The first kappa shape index (κ1) is 28.7. The van der Waals surface area contributed by atoms with Gasteiger partial charge in [0.25, 0.3) is 11.8 Å². The number of nitrogens with one attached hydrogen (secondary N) is 1. The fourth-order valence-electron chi connectivity index (χ4n) is 6.94. The number of hydrogen-bond donors (Lipinski definition) is 4. The van der Waals surface area contributed by atoms with Crippen LogP contribution in [0.25, 0.3) is 11.1 Å². The molecule has 3 saturated carbocycles. The lowest BCUT2D eigenvalue weighted by Crippen LogP contribution is -2.74. The molecule has 43 heavy (non-hydrogen) atoms. The van der Waals surface area contributed by atoms with Crippen molar-refractivity contribution in [3.63, 3.8) is 0 Å². The summed E-state index contributed by atoms with van der Waals surface area (Å²) in [6.45, 7) is 4.54. The average molecular weight is 590 g/mol. The zero-order valence-electron chi connectivity index (χ0n) is 24.2. The van der Waals surface area contributed by atoms with Gasteiger partial charge in [0.05, 0.1) is 29.1 Å². The number of aromatic nitrogens is 1. The van der Waals surface area contributed by atoms with E-state index >= 15 is 0 Å². The van der Waals surface area contributed by atoms with Crippen LogP contribution in [-0.2, 0) is 17.8 Å². The number of halogens is 2. The van der Waals surface area contributed by atoms with Gasteiger partial charge >= 0.3 is 0 Å². The Hall–Kier alpha value is -4.38. The maximum atomic E-state index is 13.9. The lowest BCUT2D eigenvalue weighted by atomic mass is 9.40. The van der Waals surface area contributed by atoms with Gasteiger partial charge in [-0.25, -0.2) is 13.8 Å². The summed E-state index contributed by atoms with van der Waals surface area (Å²) in [6.07, 6.45) is 4.81. The Balaban J connectivity index is 1.42. The lowest BCUT2D eigenvalue weighted by molar-refractivity contribution is -0.121. The van der Waals surface area contributed by atoms with Gasteiger partial charge < -0.3 is 26.4 Å². The zero-order valence-corrected chi connectivity index (χ0v) is 24.2. The molecule has 4 aliphatic rings. The highest BCUT2D eigenvalue weighted by Gasteiger charge is 2.65. The molecular weight excluding hydrogens is 554 g/mol. The first-order valence-electron chi connectivity index (χ1n) is 14.4.